The number of carbonyl (C=O) groups is 1. The van der Waals surface area contributed by atoms with Crippen LogP contribution in [-0.2, 0) is 11.3 Å². The van der Waals surface area contributed by atoms with E-state index in [1.807, 2.05) is 38.4 Å². The monoisotopic (exact) mass is 352 g/mol. The highest BCUT2D eigenvalue weighted by molar-refractivity contribution is 5.92. The van der Waals surface area contributed by atoms with Gasteiger partial charge in [-0.15, -0.1) is 0 Å². The van der Waals surface area contributed by atoms with Gasteiger partial charge < -0.3 is 5.32 Å². The van der Waals surface area contributed by atoms with Crippen LogP contribution in [0.15, 0.2) is 36.7 Å². The van der Waals surface area contributed by atoms with Gasteiger partial charge in [0, 0.05) is 50.8 Å². The average molecular weight is 352 g/mol. The molecule has 3 rings (SSSR count). The number of piperazine rings is 1. The third-order valence-electron chi connectivity index (χ3n) is 4.68. The van der Waals surface area contributed by atoms with Crippen molar-refractivity contribution in [2.24, 2.45) is 0 Å². The number of nitrogens with one attached hydrogen (secondary N) is 1. The van der Waals surface area contributed by atoms with Crippen LogP contribution < -0.4 is 5.32 Å². The molecule has 0 bridgehead atoms. The van der Waals surface area contributed by atoms with Crippen molar-refractivity contribution in [3.63, 3.8) is 0 Å². The van der Waals surface area contributed by atoms with Crippen LogP contribution in [0.25, 0.3) is 0 Å². The Morgan fingerprint density at radius 1 is 0.923 bits per heavy atom. The summed E-state index contributed by atoms with van der Waals surface area (Å²) in [6.45, 7) is 11.3. The maximum absolute atomic E-state index is 12.3. The molecule has 1 aromatic heterocycles. The molecule has 1 amide bonds. The van der Waals surface area contributed by atoms with E-state index in [2.05, 4.69) is 39.2 Å². The molecule has 2 aromatic rings. The molecule has 1 aliphatic rings. The Morgan fingerprint density at radius 3 is 2.23 bits per heavy atom. The van der Waals surface area contributed by atoms with E-state index in [-0.39, 0.29) is 5.91 Å². The lowest BCUT2D eigenvalue weighted by atomic mass is 10.1. The quantitative estimate of drug-likeness (QED) is 0.899. The van der Waals surface area contributed by atoms with Crippen LogP contribution in [0.1, 0.15) is 22.3 Å². The lowest BCUT2D eigenvalue weighted by molar-refractivity contribution is -0.117. The molecule has 26 heavy (non-hydrogen) atoms. The highest BCUT2D eigenvalue weighted by Gasteiger charge is 2.19. The minimum Gasteiger partial charge on any atom is -0.325 e. The second-order valence-corrected chi connectivity index (χ2v) is 7.35. The van der Waals surface area contributed by atoms with Crippen molar-refractivity contribution < 1.29 is 4.79 Å². The van der Waals surface area contributed by atoms with E-state index in [0.29, 0.717) is 6.54 Å². The van der Waals surface area contributed by atoms with Gasteiger partial charge in [0.25, 0.3) is 0 Å². The molecule has 1 aromatic carbocycles. The summed E-state index contributed by atoms with van der Waals surface area (Å²) in [6.07, 6.45) is 3.83. The molecule has 0 saturated carbocycles. The zero-order valence-corrected chi connectivity index (χ0v) is 16.0. The predicted molar refractivity (Wildman–Crippen MR) is 105 cm³/mol. The Bertz CT molecular complexity index is 746. The molecular weight excluding hydrogens is 324 g/mol. The average Bonchev–Trinajstić information content (AvgIpc) is 2.55. The summed E-state index contributed by atoms with van der Waals surface area (Å²) in [7, 11) is 0. The standard InChI is InChI=1S/C21H28N4O/c1-16-8-17(2)11-20(10-16)23-21(26)15-25-6-4-24(5-7-25)14-19-9-18(3)12-22-13-19/h8-13H,4-7,14-15H2,1-3H3,(H,23,26). The highest BCUT2D eigenvalue weighted by atomic mass is 16.2. The van der Waals surface area contributed by atoms with Gasteiger partial charge in [0.1, 0.15) is 0 Å². The first-order chi connectivity index (χ1) is 12.5. The van der Waals surface area contributed by atoms with Crippen LogP contribution in [0.3, 0.4) is 0 Å². The molecule has 1 N–H and O–H groups in total. The highest BCUT2D eigenvalue weighted by Crippen LogP contribution is 2.14. The Morgan fingerprint density at radius 2 is 1.58 bits per heavy atom. The molecule has 138 valence electrons. The summed E-state index contributed by atoms with van der Waals surface area (Å²) >= 11 is 0. The van der Waals surface area contributed by atoms with Crippen LogP contribution >= 0.6 is 0 Å². The van der Waals surface area contributed by atoms with Crippen LogP contribution in [0.4, 0.5) is 5.69 Å². The number of nitrogens with zero attached hydrogens (tertiary/aromatic N) is 3. The summed E-state index contributed by atoms with van der Waals surface area (Å²) < 4.78 is 0. The second-order valence-electron chi connectivity index (χ2n) is 7.35. The van der Waals surface area contributed by atoms with Crippen molar-refractivity contribution in [1.29, 1.82) is 0 Å². The summed E-state index contributed by atoms with van der Waals surface area (Å²) in [4.78, 5) is 21.3. The molecule has 5 heteroatoms. The third kappa shape index (κ3) is 5.38. The number of hydrogen-bond donors (Lipinski definition) is 1. The molecule has 0 unspecified atom stereocenters. The number of aryl methyl sites for hydroxylation is 3. The molecule has 0 radical (unpaired) electrons. The van der Waals surface area contributed by atoms with E-state index in [0.717, 1.165) is 38.4 Å². The Balaban J connectivity index is 1.45. The summed E-state index contributed by atoms with van der Waals surface area (Å²) in [6, 6.07) is 8.33. The number of hydrogen-bond acceptors (Lipinski definition) is 4. The first kappa shape index (κ1) is 18.5. The van der Waals surface area contributed by atoms with Crippen molar-refractivity contribution in [2.45, 2.75) is 27.3 Å². The van der Waals surface area contributed by atoms with Crippen molar-refractivity contribution in [1.82, 2.24) is 14.8 Å². The zero-order valence-electron chi connectivity index (χ0n) is 16.0. The normalized spacial score (nSPS) is 15.8. The Labute approximate surface area is 156 Å². The maximum atomic E-state index is 12.3. The van der Waals surface area contributed by atoms with Crippen LogP contribution in [0.2, 0.25) is 0 Å². The number of rotatable bonds is 5. The number of amides is 1. The van der Waals surface area contributed by atoms with E-state index >= 15 is 0 Å². The molecule has 0 aliphatic carbocycles. The number of pyridine rings is 1. The topological polar surface area (TPSA) is 48.5 Å². The smallest absolute Gasteiger partial charge is 0.238 e. The van der Waals surface area contributed by atoms with Gasteiger partial charge >= 0.3 is 0 Å². The second kappa shape index (κ2) is 8.43. The molecule has 1 aliphatic heterocycles. The van der Waals surface area contributed by atoms with Crippen LogP contribution in [0, 0.1) is 20.8 Å². The molecule has 0 spiro atoms. The Kier molecular flexibility index (Phi) is 6.01. The predicted octanol–water partition coefficient (Wildman–Crippen LogP) is 2.76. The first-order valence-electron chi connectivity index (χ1n) is 9.21. The lowest BCUT2D eigenvalue weighted by Gasteiger charge is -2.34. The first-order valence-corrected chi connectivity index (χ1v) is 9.21. The number of carbonyl (C=O) groups excluding carboxylic acids is 1. The third-order valence-corrected chi connectivity index (χ3v) is 4.68. The minimum absolute atomic E-state index is 0.0614. The Hall–Kier alpha value is -2.24. The molecule has 5 nitrogen and oxygen atoms in total. The van der Waals surface area contributed by atoms with Gasteiger partial charge in [-0.25, -0.2) is 0 Å². The van der Waals surface area contributed by atoms with Crippen molar-refractivity contribution in [3.05, 3.63) is 58.9 Å². The van der Waals surface area contributed by atoms with E-state index in [4.69, 9.17) is 0 Å². The van der Waals surface area contributed by atoms with Crippen molar-refractivity contribution in [3.8, 4) is 0 Å². The molecule has 0 atom stereocenters. The number of anilines is 1. The van der Waals surface area contributed by atoms with Gasteiger partial charge in [-0.1, -0.05) is 12.1 Å². The van der Waals surface area contributed by atoms with Crippen molar-refractivity contribution >= 4 is 11.6 Å². The molecule has 2 heterocycles. The van der Waals surface area contributed by atoms with Gasteiger partial charge in [-0.05, 0) is 55.2 Å². The van der Waals surface area contributed by atoms with Crippen molar-refractivity contribution in [2.75, 3.05) is 38.0 Å². The summed E-state index contributed by atoms with van der Waals surface area (Å²) in [5.41, 5.74) is 5.67. The van der Waals surface area contributed by atoms with Gasteiger partial charge in [-0.3, -0.25) is 19.6 Å². The fraction of sp³-hybridized carbons (Fsp3) is 0.429. The fourth-order valence-electron chi connectivity index (χ4n) is 3.52. The maximum Gasteiger partial charge on any atom is 0.238 e. The van der Waals surface area contributed by atoms with Gasteiger partial charge in [0.05, 0.1) is 6.54 Å². The van der Waals surface area contributed by atoms with E-state index in [9.17, 15) is 4.79 Å². The van der Waals surface area contributed by atoms with E-state index in [1.165, 1.54) is 22.3 Å². The van der Waals surface area contributed by atoms with Gasteiger partial charge in [0.15, 0.2) is 0 Å². The zero-order chi connectivity index (χ0) is 18.5. The fourth-order valence-corrected chi connectivity index (χ4v) is 3.52. The molecule has 1 fully saturated rings. The minimum atomic E-state index is 0.0614. The van der Waals surface area contributed by atoms with E-state index < -0.39 is 0 Å². The number of aromatic nitrogens is 1. The van der Waals surface area contributed by atoms with Crippen LogP contribution in [0.5, 0.6) is 0 Å². The summed E-state index contributed by atoms with van der Waals surface area (Å²) in [5, 5.41) is 3.03. The lowest BCUT2D eigenvalue weighted by Crippen LogP contribution is -2.48. The molecule has 1 saturated heterocycles. The van der Waals surface area contributed by atoms with E-state index in [1.54, 1.807) is 0 Å². The van der Waals surface area contributed by atoms with Gasteiger partial charge in [-0.2, -0.15) is 0 Å². The summed E-state index contributed by atoms with van der Waals surface area (Å²) in [5.74, 6) is 0.0614. The molecular formula is C21H28N4O. The largest absolute Gasteiger partial charge is 0.325 e. The van der Waals surface area contributed by atoms with Crippen LogP contribution in [-0.4, -0.2) is 53.4 Å². The van der Waals surface area contributed by atoms with Gasteiger partial charge in [0.2, 0.25) is 5.91 Å². The SMILES string of the molecule is Cc1cncc(CN2CCN(CC(=O)Nc3cc(C)cc(C)c3)CC2)c1. The number of benzene rings is 1.